The zero-order valence-electron chi connectivity index (χ0n) is 11.5. The van der Waals surface area contributed by atoms with Crippen LogP contribution in [0.15, 0.2) is 24.3 Å². The van der Waals surface area contributed by atoms with Crippen LogP contribution >= 0.6 is 0 Å². The number of hydrogen-bond donors (Lipinski definition) is 0. The number of nitrogens with zero attached hydrogens (tertiary/aromatic N) is 3. The van der Waals surface area contributed by atoms with Gasteiger partial charge in [0.15, 0.2) is 0 Å². The number of benzene rings is 1. The third kappa shape index (κ3) is 4.23. The summed E-state index contributed by atoms with van der Waals surface area (Å²) in [6.45, 7) is 6.33. The van der Waals surface area contributed by atoms with Gasteiger partial charge in [-0.2, -0.15) is 5.26 Å². The fourth-order valence-corrected chi connectivity index (χ4v) is 2.23. The summed E-state index contributed by atoms with van der Waals surface area (Å²) in [6, 6.07) is 9.55. The molecule has 1 aromatic rings. The van der Waals surface area contributed by atoms with E-state index in [0.717, 1.165) is 39.1 Å². The Labute approximate surface area is 115 Å². The van der Waals surface area contributed by atoms with E-state index in [4.69, 9.17) is 10.00 Å². The van der Waals surface area contributed by atoms with Gasteiger partial charge in [-0.05, 0) is 25.6 Å². The molecule has 0 aliphatic carbocycles. The number of ether oxygens (including phenoxy) is 1. The Hall–Kier alpha value is -1.57. The van der Waals surface area contributed by atoms with E-state index in [1.54, 1.807) is 6.07 Å². The number of nitriles is 1. The van der Waals surface area contributed by atoms with Crippen LogP contribution in [0.2, 0.25) is 0 Å². The van der Waals surface area contributed by atoms with Crippen molar-refractivity contribution in [3.63, 3.8) is 0 Å². The van der Waals surface area contributed by atoms with Gasteiger partial charge in [0.05, 0.1) is 12.2 Å². The lowest BCUT2D eigenvalue weighted by Gasteiger charge is -2.32. The predicted molar refractivity (Wildman–Crippen MR) is 75.2 cm³/mol. The average molecular weight is 259 g/mol. The Morgan fingerprint density at radius 1 is 1.21 bits per heavy atom. The second kappa shape index (κ2) is 7.13. The maximum atomic E-state index is 8.96. The summed E-state index contributed by atoms with van der Waals surface area (Å²) in [7, 11) is 2.17. The van der Waals surface area contributed by atoms with Crippen molar-refractivity contribution in [2.24, 2.45) is 0 Å². The molecule has 19 heavy (non-hydrogen) atoms. The molecule has 0 spiro atoms. The molecule has 0 atom stereocenters. The fourth-order valence-electron chi connectivity index (χ4n) is 2.23. The first-order chi connectivity index (χ1) is 9.29. The van der Waals surface area contributed by atoms with Gasteiger partial charge in [0.2, 0.25) is 0 Å². The van der Waals surface area contributed by atoms with E-state index in [0.29, 0.717) is 17.9 Å². The highest BCUT2D eigenvalue weighted by Crippen LogP contribution is 2.16. The van der Waals surface area contributed by atoms with Gasteiger partial charge in [-0.1, -0.05) is 12.1 Å². The SMILES string of the molecule is CN1CCN(CCCOc2ccccc2C#N)CC1. The van der Waals surface area contributed by atoms with E-state index in [1.165, 1.54) is 0 Å². The molecule has 0 amide bonds. The van der Waals surface area contributed by atoms with Gasteiger partial charge in [-0.25, -0.2) is 0 Å². The quantitative estimate of drug-likeness (QED) is 0.753. The van der Waals surface area contributed by atoms with Crippen LogP contribution in [0, 0.1) is 11.3 Å². The van der Waals surface area contributed by atoms with E-state index < -0.39 is 0 Å². The number of rotatable bonds is 5. The van der Waals surface area contributed by atoms with Crippen molar-refractivity contribution >= 4 is 0 Å². The van der Waals surface area contributed by atoms with Crippen LogP contribution in [0.3, 0.4) is 0 Å². The van der Waals surface area contributed by atoms with Crippen LogP contribution in [0.25, 0.3) is 0 Å². The van der Waals surface area contributed by atoms with Crippen LogP contribution in [-0.4, -0.2) is 56.2 Å². The van der Waals surface area contributed by atoms with Crippen molar-refractivity contribution in [2.75, 3.05) is 46.4 Å². The minimum absolute atomic E-state index is 0.613. The molecule has 0 saturated carbocycles. The van der Waals surface area contributed by atoms with E-state index in [2.05, 4.69) is 22.9 Å². The molecule has 0 bridgehead atoms. The van der Waals surface area contributed by atoms with Gasteiger partial charge in [0, 0.05) is 32.7 Å². The second-order valence-corrected chi connectivity index (χ2v) is 4.95. The van der Waals surface area contributed by atoms with Crippen LogP contribution < -0.4 is 4.74 Å². The lowest BCUT2D eigenvalue weighted by Crippen LogP contribution is -2.44. The van der Waals surface area contributed by atoms with E-state index >= 15 is 0 Å². The van der Waals surface area contributed by atoms with Crippen molar-refractivity contribution < 1.29 is 4.74 Å². The molecular weight excluding hydrogens is 238 g/mol. The molecule has 102 valence electrons. The normalized spacial score (nSPS) is 17.1. The highest BCUT2D eigenvalue weighted by molar-refractivity contribution is 5.42. The summed E-state index contributed by atoms with van der Waals surface area (Å²) in [5.74, 6) is 0.698. The van der Waals surface area contributed by atoms with E-state index in [1.807, 2.05) is 18.2 Å². The highest BCUT2D eigenvalue weighted by atomic mass is 16.5. The van der Waals surface area contributed by atoms with Gasteiger partial charge in [0.1, 0.15) is 11.8 Å². The first-order valence-electron chi connectivity index (χ1n) is 6.82. The van der Waals surface area contributed by atoms with Crippen molar-refractivity contribution in [1.29, 1.82) is 5.26 Å². The molecule has 4 nitrogen and oxygen atoms in total. The van der Waals surface area contributed by atoms with Gasteiger partial charge in [0.25, 0.3) is 0 Å². The average Bonchev–Trinajstić information content (AvgIpc) is 2.46. The lowest BCUT2D eigenvalue weighted by atomic mass is 10.2. The topological polar surface area (TPSA) is 39.5 Å². The molecule has 0 radical (unpaired) electrons. The Morgan fingerprint density at radius 3 is 2.68 bits per heavy atom. The summed E-state index contributed by atoms with van der Waals surface area (Å²) < 4.78 is 5.68. The van der Waals surface area contributed by atoms with Crippen LogP contribution in [0.5, 0.6) is 5.75 Å². The molecule has 0 N–H and O–H groups in total. The standard InChI is InChI=1S/C15H21N3O/c1-17-8-10-18(11-9-17)7-4-12-19-15-6-3-2-5-14(15)13-16/h2-3,5-6H,4,7-12H2,1H3. The Bertz CT molecular complexity index is 433. The van der Waals surface area contributed by atoms with Crippen LogP contribution in [0.4, 0.5) is 0 Å². The summed E-state index contributed by atoms with van der Waals surface area (Å²) in [5.41, 5.74) is 0.613. The van der Waals surface area contributed by atoms with Gasteiger partial charge in [-0.15, -0.1) is 0 Å². The Balaban J connectivity index is 1.68. The fraction of sp³-hybridized carbons (Fsp3) is 0.533. The zero-order chi connectivity index (χ0) is 13.5. The molecule has 2 rings (SSSR count). The zero-order valence-corrected chi connectivity index (χ0v) is 11.5. The molecule has 1 saturated heterocycles. The number of hydrogen-bond acceptors (Lipinski definition) is 4. The molecule has 1 aliphatic rings. The molecular formula is C15H21N3O. The Morgan fingerprint density at radius 2 is 1.95 bits per heavy atom. The number of piperazine rings is 1. The summed E-state index contributed by atoms with van der Waals surface area (Å²) in [5, 5.41) is 8.96. The maximum absolute atomic E-state index is 8.96. The van der Waals surface area contributed by atoms with Crippen molar-refractivity contribution in [2.45, 2.75) is 6.42 Å². The maximum Gasteiger partial charge on any atom is 0.137 e. The molecule has 0 aromatic heterocycles. The number of likely N-dealkylation sites (N-methyl/N-ethyl adjacent to an activating group) is 1. The molecule has 1 aromatic carbocycles. The van der Waals surface area contributed by atoms with Crippen LogP contribution in [0.1, 0.15) is 12.0 Å². The van der Waals surface area contributed by atoms with Crippen molar-refractivity contribution in [3.8, 4) is 11.8 Å². The van der Waals surface area contributed by atoms with E-state index in [9.17, 15) is 0 Å². The molecule has 1 fully saturated rings. The highest BCUT2D eigenvalue weighted by Gasteiger charge is 2.12. The van der Waals surface area contributed by atoms with Gasteiger partial charge >= 0.3 is 0 Å². The van der Waals surface area contributed by atoms with Crippen molar-refractivity contribution in [3.05, 3.63) is 29.8 Å². The van der Waals surface area contributed by atoms with E-state index in [-0.39, 0.29) is 0 Å². The lowest BCUT2D eigenvalue weighted by molar-refractivity contribution is 0.145. The third-order valence-electron chi connectivity index (χ3n) is 3.48. The molecule has 1 heterocycles. The largest absolute Gasteiger partial charge is 0.492 e. The minimum atomic E-state index is 0.613. The first kappa shape index (κ1) is 13.9. The summed E-state index contributed by atoms with van der Waals surface area (Å²) in [4.78, 5) is 4.83. The minimum Gasteiger partial charge on any atom is -0.492 e. The summed E-state index contributed by atoms with van der Waals surface area (Å²) in [6.07, 6.45) is 1.00. The third-order valence-corrected chi connectivity index (χ3v) is 3.48. The number of para-hydroxylation sites is 1. The smallest absolute Gasteiger partial charge is 0.137 e. The van der Waals surface area contributed by atoms with Gasteiger partial charge < -0.3 is 14.5 Å². The van der Waals surface area contributed by atoms with Crippen LogP contribution in [-0.2, 0) is 0 Å². The Kier molecular flexibility index (Phi) is 5.20. The first-order valence-corrected chi connectivity index (χ1v) is 6.82. The van der Waals surface area contributed by atoms with Gasteiger partial charge in [-0.3, -0.25) is 0 Å². The predicted octanol–water partition coefficient (Wildman–Crippen LogP) is 1.57. The molecule has 1 aliphatic heterocycles. The summed E-state index contributed by atoms with van der Waals surface area (Å²) >= 11 is 0. The molecule has 4 heteroatoms. The van der Waals surface area contributed by atoms with Crippen molar-refractivity contribution in [1.82, 2.24) is 9.80 Å². The monoisotopic (exact) mass is 259 g/mol. The molecule has 0 unspecified atom stereocenters. The second-order valence-electron chi connectivity index (χ2n) is 4.95.